The van der Waals surface area contributed by atoms with Crippen molar-refractivity contribution in [2.75, 3.05) is 18.0 Å². The van der Waals surface area contributed by atoms with Crippen molar-refractivity contribution >= 4 is 12.0 Å². The maximum Gasteiger partial charge on any atom is 0.358 e. The SMILES string of the molecule is CC(C)c1nnc(N2CCCC(c3ocnc3C(=O)O)C2)o1. The second-order valence-electron chi connectivity index (χ2n) is 5.73. The summed E-state index contributed by atoms with van der Waals surface area (Å²) in [6.45, 7) is 5.36. The number of hydrogen-bond acceptors (Lipinski definition) is 7. The van der Waals surface area contributed by atoms with Crippen LogP contribution in [0.3, 0.4) is 0 Å². The van der Waals surface area contributed by atoms with Crippen LogP contribution < -0.4 is 4.90 Å². The Morgan fingerprint density at radius 2 is 2.27 bits per heavy atom. The fourth-order valence-corrected chi connectivity index (χ4v) is 2.66. The largest absolute Gasteiger partial charge is 0.476 e. The number of carbonyl (C=O) groups is 1. The van der Waals surface area contributed by atoms with Crippen molar-refractivity contribution in [2.45, 2.75) is 38.5 Å². The first kappa shape index (κ1) is 14.6. The van der Waals surface area contributed by atoms with Gasteiger partial charge in [0.2, 0.25) is 5.89 Å². The van der Waals surface area contributed by atoms with E-state index in [9.17, 15) is 4.79 Å². The Bertz CT molecular complexity index is 663. The van der Waals surface area contributed by atoms with Gasteiger partial charge in [0.1, 0.15) is 5.76 Å². The van der Waals surface area contributed by atoms with Crippen LogP contribution in [-0.2, 0) is 0 Å². The van der Waals surface area contributed by atoms with Gasteiger partial charge < -0.3 is 18.8 Å². The Morgan fingerprint density at radius 1 is 1.45 bits per heavy atom. The van der Waals surface area contributed by atoms with Crippen LogP contribution in [0.4, 0.5) is 6.01 Å². The summed E-state index contributed by atoms with van der Waals surface area (Å²) < 4.78 is 11.0. The van der Waals surface area contributed by atoms with Crippen LogP contribution in [0.25, 0.3) is 0 Å². The van der Waals surface area contributed by atoms with Crippen molar-refractivity contribution < 1.29 is 18.7 Å². The fourth-order valence-electron chi connectivity index (χ4n) is 2.66. The van der Waals surface area contributed by atoms with Crippen LogP contribution in [0.5, 0.6) is 0 Å². The lowest BCUT2D eigenvalue weighted by Crippen LogP contribution is -2.35. The normalized spacial score (nSPS) is 18.9. The zero-order valence-corrected chi connectivity index (χ0v) is 12.5. The first-order chi connectivity index (χ1) is 10.6. The molecule has 8 heteroatoms. The number of anilines is 1. The van der Waals surface area contributed by atoms with Crippen LogP contribution in [-0.4, -0.2) is 39.3 Å². The molecule has 22 heavy (non-hydrogen) atoms. The van der Waals surface area contributed by atoms with E-state index in [1.54, 1.807) is 0 Å². The van der Waals surface area contributed by atoms with E-state index >= 15 is 0 Å². The highest BCUT2D eigenvalue weighted by Crippen LogP contribution is 2.31. The minimum atomic E-state index is -1.07. The maximum absolute atomic E-state index is 11.2. The summed E-state index contributed by atoms with van der Waals surface area (Å²) >= 11 is 0. The maximum atomic E-state index is 11.2. The molecule has 2 aromatic heterocycles. The first-order valence-corrected chi connectivity index (χ1v) is 7.31. The number of aromatic nitrogens is 3. The molecular formula is C14H18N4O4. The van der Waals surface area contributed by atoms with Gasteiger partial charge in [-0.3, -0.25) is 0 Å². The van der Waals surface area contributed by atoms with Crippen molar-refractivity contribution in [3.05, 3.63) is 23.7 Å². The third kappa shape index (κ3) is 2.68. The molecular weight excluding hydrogens is 288 g/mol. The summed E-state index contributed by atoms with van der Waals surface area (Å²) in [6, 6.07) is 0.477. The highest BCUT2D eigenvalue weighted by atomic mass is 16.4. The van der Waals surface area contributed by atoms with Gasteiger partial charge in [-0.15, -0.1) is 5.10 Å². The third-order valence-corrected chi connectivity index (χ3v) is 3.78. The Labute approximate surface area is 127 Å². The van der Waals surface area contributed by atoms with Gasteiger partial charge >= 0.3 is 12.0 Å². The van der Waals surface area contributed by atoms with Crippen LogP contribution >= 0.6 is 0 Å². The van der Waals surface area contributed by atoms with Gasteiger partial charge in [0.05, 0.1) is 0 Å². The lowest BCUT2D eigenvalue weighted by molar-refractivity contribution is 0.0687. The number of carboxylic acids is 1. The Balaban J connectivity index is 1.79. The lowest BCUT2D eigenvalue weighted by Gasteiger charge is -2.30. The number of aromatic carboxylic acids is 1. The minimum absolute atomic E-state index is 0.0137. The molecule has 0 radical (unpaired) electrons. The van der Waals surface area contributed by atoms with Gasteiger partial charge in [0, 0.05) is 24.9 Å². The van der Waals surface area contributed by atoms with Crippen LogP contribution in [0.1, 0.15) is 60.7 Å². The van der Waals surface area contributed by atoms with Gasteiger partial charge in [0.25, 0.3) is 0 Å². The zero-order valence-electron chi connectivity index (χ0n) is 12.5. The molecule has 0 bridgehead atoms. The van der Waals surface area contributed by atoms with E-state index in [0.29, 0.717) is 24.2 Å². The van der Waals surface area contributed by atoms with E-state index in [-0.39, 0.29) is 17.5 Å². The molecule has 0 saturated carbocycles. The van der Waals surface area contributed by atoms with Gasteiger partial charge in [-0.05, 0) is 12.8 Å². The van der Waals surface area contributed by atoms with Crippen LogP contribution in [0.2, 0.25) is 0 Å². The molecule has 2 aromatic rings. The van der Waals surface area contributed by atoms with Crippen molar-refractivity contribution in [2.24, 2.45) is 0 Å². The highest BCUT2D eigenvalue weighted by Gasteiger charge is 2.30. The zero-order chi connectivity index (χ0) is 15.7. The molecule has 1 fully saturated rings. The highest BCUT2D eigenvalue weighted by molar-refractivity contribution is 5.86. The molecule has 0 aromatic carbocycles. The Kier molecular flexibility index (Phi) is 3.82. The fraction of sp³-hybridized carbons (Fsp3) is 0.571. The van der Waals surface area contributed by atoms with Gasteiger partial charge in [-0.2, -0.15) is 0 Å². The van der Waals surface area contributed by atoms with Gasteiger partial charge in [0.15, 0.2) is 12.1 Å². The first-order valence-electron chi connectivity index (χ1n) is 7.31. The van der Waals surface area contributed by atoms with E-state index in [1.807, 2.05) is 18.7 Å². The van der Waals surface area contributed by atoms with E-state index in [4.69, 9.17) is 13.9 Å². The van der Waals surface area contributed by atoms with E-state index in [1.165, 1.54) is 6.39 Å². The number of oxazole rings is 1. The Morgan fingerprint density at radius 3 is 2.95 bits per heavy atom. The van der Waals surface area contributed by atoms with Crippen LogP contribution in [0.15, 0.2) is 15.2 Å². The summed E-state index contributed by atoms with van der Waals surface area (Å²) in [5.74, 6) is 0.0797. The van der Waals surface area contributed by atoms with Crippen LogP contribution in [0, 0.1) is 0 Å². The van der Waals surface area contributed by atoms with Gasteiger partial charge in [-0.25, -0.2) is 9.78 Å². The summed E-state index contributed by atoms with van der Waals surface area (Å²) in [5, 5.41) is 17.3. The molecule has 1 saturated heterocycles. The van der Waals surface area contributed by atoms with Crippen molar-refractivity contribution in [3.63, 3.8) is 0 Å². The third-order valence-electron chi connectivity index (χ3n) is 3.78. The standard InChI is InChI=1S/C14H18N4O4/c1-8(2)12-16-17-14(22-12)18-5-3-4-9(6-18)11-10(13(19)20)15-7-21-11/h7-9H,3-6H2,1-2H3,(H,19,20). The molecule has 8 nitrogen and oxygen atoms in total. The quantitative estimate of drug-likeness (QED) is 0.917. The van der Waals surface area contributed by atoms with E-state index in [0.717, 1.165) is 19.4 Å². The molecule has 1 unspecified atom stereocenters. The van der Waals surface area contributed by atoms with Crippen molar-refractivity contribution in [1.82, 2.24) is 15.2 Å². The average molecular weight is 306 g/mol. The van der Waals surface area contributed by atoms with Crippen molar-refractivity contribution in [1.29, 1.82) is 0 Å². The number of hydrogen-bond donors (Lipinski definition) is 1. The molecule has 118 valence electrons. The minimum Gasteiger partial charge on any atom is -0.476 e. The number of piperidine rings is 1. The molecule has 0 spiro atoms. The topological polar surface area (TPSA) is 105 Å². The second-order valence-corrected chi connectivity index (χ2v) is 5.73. The monoisotopic (exact) mass is 306 g/mol. The Hall–Kier alpha value is -2.38. The molecule has 0 amide bonds. The summed E-state index contributed by atoms with van der Waals surface area (Å²) in [5.41, 5.74) is -0.0137. The van der Waals surface area contributed by atoms with Gasteiger partial charge in [-0.1, -0.05) is 18.9 Å². The molecule has 1 N–H and O–H groups in total. The second kappa shape index (κ2) is 5.78. The molecule has 1 atom stereocenters. The van der Waals surface area contributed by atoms with E-state index in [2.05, 4.69) is 15.2 Å². The molecule has 1 aliphatic rings. The number of nitrogens with zero attached hydrogens (tertiary/aromatic N) is 4. The smallest absolute Gasteiger partial charge is 0.358 e. The van der Waals surface area contributed by atoms with Crippen molar-refractivity contribution in [3.8, 4) is 0 Å². The predicted molar refractivity (Wildman–Crippen MR) is 76.0 cm³/mol. The summed E-state index contributed by atoms with van der Waals surface area (Å²) in [6.07, 6.45) is 2.92. The lowest BCUT2D eigenvalue weighted by atomic mass is 9.94. The summed E-state index contributed by atoms with van der Waals surface area (Å²) in [4.78, 5) is 16.9. The van der Waals surface area contributed by atoms with E-state index < -0.39 is 5.97 Å². The predicted octanol–water partition coefficient (Wildman–Crippen LogP) is 2.26. The average Bonchev–Trinajstić information content (AvgIpc) is 3.17. The molecule has 3 heterocycles. The molecule has 3 rings (SSSR count). The number of carboxylic acid groups (broad SMARTS) is 1. The molecule has 0 aliphatic carbocycles. The molecule has 1 aliphatic heterocycles. The summed E-state index contributed by atoms with van der Waals surface area (Å²) in [7, 11) is 0. The number of rotatable bonds is 4.